The molecule has 184 valence electrons. The molecule has 0 N–H and O–H groups in total. The Bertz CT molecular complexity index is 951. The Kier molecular flexibility index (Phi) is 8.14. The normalized spacial score (nSPS) is 17.6. The molecule has 0 atom stereocenters. The molecule has 4 rings (SSSR count). The minimum absolute atomic E-state index is 0.103. The fourth-order valence-corrected chi connectivity index (χ4v) is 4.94. The van der Waals surface area contributed by atoms with Crippen LogP contribution in [0.5, 0.6) is 11.5 Å². The van der Waals surface area contributed by atoms with E-state index in [2.05, 4.69) is 4.90 Å². The van der Waals surface area contributed by atoms with Gasteiger partial charge in [-0.05, 0) is 74.7 Å². The fourth-order valence-electron chi connectivity index (χ4n) is 4.94. The molecule has 2 aromatic carbocycles. The standard InChI is InChI=1S/C27H33F3N2O2/c28-27(29,30)23-11-7-13-25(19-23)34-24-12-6-8-21(18-24)20-32(26(33)22-9-2-3-10-22)17-16-31-14-4-1-5-15-31/h6-8,11-13,18-19,22H,1-5,9-10,14-17,20H2. The summed E-state index contributed by atoms with van der Waals surface area (Å²) in [5.41, 5.74) is 0.168. The number of amides is 1. The summed E-state index contributed by atoms with van der Waals surface area (Å²) in [6.45, 7) is 4.22. The number of likely N-dealkylation sites (tertiary alicyclic amines) is 1. The molecule has 1 amide bonds. The highest BCUT2D eigenvalue weighted by Crippen LogP contribution is 2.33. The van der Waals surface area contributed by atoms with E-state index in [1.165, 1.54) is 31.4 Å². The van der Waals surface area contributed by atoms with Gasteiger partial charge in [0.05, 0.1) is 5.56 Å². The highest BCUT2D eigenvalue weighted by Gasteiger charge is 2.31. The topological polar surface area (TPSA) is 32.8 Å². The van der Waals surface area contributed by atoms with E-state index in [0.717, 1.165) is 63.0 Å². The van der Waals surface area contributed by atoms with Crippen LogP contribution in [-0.2, 0) is 17.5 Å². The van der Waals surface area contributed by atoms with Crippen molar-refractivity contribution in [2.75, 3.05) is 26.2 Å². The van der Waals surface area contributed by atoms with Crippen molar-refractivity contribution in [2.24, 2.45) is 5.92 Å². The second-order valence-electron chi connectivity index (χ2n) is 9.42. The largest absolute Gasteiger partial charge is 0.457 e. The van der Waals surface area contributed by atoms with Gasteiger partial charge in [0.1, 0.15) is 11.5 Å². The number of nitrogens with zero attached hydrogens (tertiary/aromatic N) is 2. The van der Waals surface area contributed by atoms with Crippen LogP contribution < -0.4 is 4.74 Å². The number of hydrogen-bond donors (Lipinski definition) is 0. The maximum Gasteiger partial charge on any atom is 0.416 e. The Hall–Kier alpha value is -2.54. The third-order valence-corrected chi connectivity index (χ3v) is 6.82. The summed E-state index contributed by atoms with van der Waals surface area (Å²) >= 11 is 0. The van der Waals surface area contributed by atoms with Gasteiger partial charge in [0.25, 0.3) is 0 Å². The number of benzene rings is 2. The van der Waals surface area contributed by atoms with Crippen LogP contribution in [0.2, 0.25) is 0 Å². The average molecular weight is 475 g/mol. The lowest BCUT2D eigenvalue weighted by molar-refractivity contribution is -0.138. The molecular formula is C27H33F3N2O2. The van der Waals surface area contributed by atoms with Crippen molar-refractivity contribution in [3.05, 3.63) is 59.7 Å². The lowest BCUT2D eigenvalue weighted by Crippen LogP contribution is -2.42. The average Bonchev–Trinajstić information content (AvgIpc) is 3.37. The first-order chi connectivity index (χ1) is 16.4. The Morgan fingerprint density at radius 3 is 2.32 bits per heavy atom. The van der Waals surface area contributed by atoms with E-state index in [0.29, 0.717) is 18.8 Å². The Labute approximate surface area is 199 Å². The summed E-state index contributed by atoms with van der Waals surface area (Å²) in [5.74, 6) is 0.918. The minimum atomic E-state index is -4.42. The predicted octanol–water partition coefficient (Wildman–Crippen LogP) is 6.50. The third kappa shape index (κ3) is 6.75. The molecule has 0 aromatic heterocycles. The molecule has 2 fully saturated rings. The first kappa shape index (κ1) is 24.6. The summed E-state index contributed by atoms with van der Waals surface area (Å²) < 4.78 is 44.8. The number of ether oxygens (including phenoxy) is 1. The molecule has 2 aliphatic rings. The Balaban J connectivity index is 1.45. The molecule has 0 unspecified atom stereocenters. The zero-order valence-electron chi connectivity index (χ0n) is 19.5. The lowest BCUT2D eigenvalue weighted by atomic mass is 10.1. The van der Waals surface area contributed by atoms with Gasteiger partial charge in [0, 0.05) is 25.6 Å². The van der Waals surface area contributed by atoms with Crippen molar-refractivity contribution < 1.29 is 22.7 Å². The lowest BCUT2D eigenvalue weighted by Gasteiger charge is -2.31. The molecule has 1 saturated carbocycles. The summed E-state index contributed by atoms with van der Waals surface area (Å²) in [6.07, 6.45) is 3.41. The minimum Gasteiger partial charge on any atom is -0.457 e. The summed E-state index contributed by atoms with van der Waals surface area (Å²) in [6, 6.07) is 12.2. The van der Waals surface area contributed by atoms with Gasteiger partial charge < -0.3 is 14.5 Å². The van der Waals surface area contributed by atoms with Gasteiger partial charge in [-0.3, -0.25) is 4.79 Å². The van der Waals surface area contributed by atoms with Gasteiger partial charge in [-0.15, -0.1) is 0 Å². The second kappa shape index (κ2) is 11.3. The maximum absolute atomic E-state index is 13.3. The molecule has 1 aliphatic carbocycles. The van der Waals surface area contributed by atoms with Crippen LogP contribution in [0.25, 0.3) is 0 Å². The van der Waals surface area contributed by atoms with E-state index in [1.54, 1.807) is 6.07 Å². The molecule has 7 heteroatoms. The van der Waals surface area contributed by atoms with Crippen molar-refractivity contribution in [2.45, 2.75) is 57.7 Å². The zero-order valence-corrected chi connectivity index (χ0v) is 19.5. The molecule has 34 heavy (non-hydrogen) atoms. The Morgan fingerprint density at radius 2 is 1.62 bits per heavy atom. The first-order valence-corrected chi connectivity index (χ1v) is 12.3. The molecule has 1 saturated heterocycles. The number of carbonyl (C=O) groups excluding carboxylic acids is 1. The predicted molar refractivity (Wildman–Crippen MR) is 126 cm³/mol. The molecule has 2 aromatic rings. The van der Waals surface area contributed by atoms with Crippen molar-refractivity contribution in [1.29, 1.82) is 0 Å². The highest BCUT2D eigenvalue weighted by atomic mass is 19.4. The number of halogens is 3. The van der Waals surface area contributed by atoms with E-state index >= 15 is 0 Å². The van der Waals surface area contributed by atoms with Crippen LogP contribution in [0.3, 0.4) is 0 Å². The highest BCUT2D eigenvalue weighted by molar-refractivity contribution is 5.79. The fraction of sp³-hybridized carbons (Fsp3) is 0.519. The van der Waals surface area contributed by atoms with E-state index in [-0.39, 0.29) is 17.6 Å². The maximum atomic E-state index is 13.3. The van der Waals surface area contributed by atoms with Gasteiger partial charge in [-0.25, -0.2) is 0 Å². The molecule has 1 heterocycles. The summed E-state index contributed by atoms with van der Waals surface area (Å²) in [5, 5.41) is 0. The van der Waals surface area contributed by atoms with Crippen LogP contribution in [0.1, 0.15) is 56.1 Å². The number of piperidine rings is 1. The second-order valence-corrected chi connectivity index (χ2v) is 9.42. The van der Waals surface area contributed by atoms with E-state index in [1.807, 2.05) is 23.1 Å². The summed E-state index contributed by atoms with van der Waals surface area (Å²) in [7, 11) is 0. The third-order valence-electron chi connectivity index (χ3n) is 6.82. The smallest absolute Gasteiger partial charge is 0.416 e. The van der Waals surface area contributed by atoms with Crippen molar-refractivity contribution >= 4 is 5.91 Å². The molecule has 0 radical (unpaired) electrons. The quantitative estimate of drug-likeness (QED) is 0.438. The molecule has 1 aliphatic heterocycles. The van der Waals surface area contributed by atoms with Crippen LogP contribution in [0, 0.1) is 5.92 Å². The molecule has 0 spiro atoms. The van der Waals surface area contributed by atoms with E-state index in [9.17, 15) is 18.0 Å². The summed E-state index contributed by atoms with van der Waals surface area (Å²) in [4.78, 5) is 17.7. The number of rotatable bonds is 8. The number of hydrogen-bond acceptors (Lipinski definition) is 3. The number of alkyl halides is 3. The molecule has 4 nitrogen and oxygen atoms in total. The Morgan fingerprint density at radius 1 is 0.941 bits per heavy atom. The van der Waals surface area contributed by atoms with Gasteiger partial charge in [-0.2, -0.15) is 13.2 Å². The van der Waals surface area contributed by atoms with Gasteiger partial charge in [0.2, 0.25) is 5.91 Å². The van der Waals surface area contributed by atoms with Crippen LogP contribution in [0.15, 0.2) is 48.5 Å². The monoisotopic (exact) mass is 474 g/mol. The SMILES string of the molecule is O=C(C1CCCC1)N(CCN1CCCCC1)Cc1cccc(Oc2cccc(C(F)(F)F)c2)c1. The molecular weight excluding hydrogens is 441 g/mol. The van der Waals surface area contributed by atoms with Crippen LogP contribution in [-0.4, -0.2) is 41.9 Å². The number of carbonyl (C=O) groups is 1. The van der Waals surface area contributed by atoms with Gasteiger partial charge in [-0.1, -0.05) is 37.5 Å². The van der Waals surface area contributed by atoms with Crippen molar-refractivity contribution in [1.82, 2.24) is 9.80 Å². The molecule has 0 bridgehead atoms. The van der Waals surface area contributed by atoms with Crippen LogP contribution in [0.4, 0.5) is 13.2 Å². The zero-order chi connectivity index (χ0) is 24.0. The van der Waals surface area contributed by atoms with E-state index in [4.69, 9.17) is 4.74 Å². The van der Waals surface area contributed by atoms with Crippen molar-refractivity contribution in [3.63, 3.8) is 0 Å². The van der Waals surface area contributed by atoms with Crippen LogP contribution >= 0.6 is 0 Å². The van der Waals surface area contributed by atoms with Gasteiger partial charge in [0.15, 0.2) is 0 Å². The first-order valence-electron chi connectivity index (χ1n) is 12.3. The van der Waals surface area contributed by atoms with Gasteiger partial charge >= 0.3 is 6.18 Å². The van der Waals surface area contributed by atoms with Crippen molar-refractivity contribution in [3.8, 4) is 11.5 Å². The van der Waals surface area contributed by atoms with E-state index < -0.39 is 11.7 Å².